The van der Waals surface area contributed by atoms with Gasteiger partial charge < -0.3 is 5.73 Å². The van der Waals surface area contributed by atoms with E-state index in [0.29, 0.717) is 12.5 Å². The van der Waals surface area contributed by atoms with Gasteiger partial charge in [-0.05, 0) is 47.2 Å². The quantitative estimate of drug-likeness (QED) is 0.852. The third-order valence-corrected chi connectivity index (χ3v) is 4.14. The molecule has 1 nitrogen and oxygen atoms in total. The fraction of sp³-hybridized carbons (Fsp3) is 0.368. The molecule has 2 aromatic rings. The number of benzene rings is 2. The van der Waals surface area contributed by atoms with E-state index in [0.717, 1.165) is 11.4 Å². The Balaban J connectivity index is 2.15. The third kappa shape index (κ3) is 4.33. The molecule has 0 amide bonds. The lowest BCUT2D eigenvalue weighted by atomic mass is 9.85. The standard InChI is InChI=1S/C19H24ClN/c1-19(2,3)17-9-7-14(8-10-17)11-16(13-21)15-5-4-6-18(20)12-15/h4-10,12,16H,11,13,21H2,1-3H3. The van der Waals surface area contributed by atoms with E-state index in [9.17, 15) is 0 Å². The largest absolute Gasteiger partial charge is 0.330 e. The molecule has 1 unspecified atom stereocenters. The lowest BCUT2D eigenvalue weighted by Gasteiger charge is -2.20. The van der Waals surface area contributed by atoms with Crippen LogP contribution in [0.2, 0.25) is 5.02 Å². The Hall–Kier alpha value is -1.31. The van der Waals surface area contributed by atoms with Crippen LogP contribution in [0.5, 0.6) is 0 Å². The first-order chi connectivity index (χ1) is 9.90. The van der Waals surface area contributed by atoms with Gasteiger partial charge in [0, 0.05) is 10.9 Å². The average molecular weight is 302 g/mol. The molecule has 0 bridgehead atoms. The summed E-state index contributed by atoms with van der Waals surface area (Å²) in [7, 11) is 0. The third-order valence-electron chi connectivity index (χ3n) is 3.91. The van der Waals surface area contributed by atoms with Crippen LogP contribution in [0.4, 0.5) is 0 Å². The van der Waals surface area contributed by atoms with E-state index in [1.165, 1.54) is 16.7 Å². The average Bonchev–Trinajstić information content (AvgIpc) is 2.44. The first-order valence-electron chi connectivity index (χ1n) is 7.45. The molecule has 0 aromatic heterocycles. The molecule has 0 fully saturated rings. The van der Waals surface area contributed by atoms with Gasteiger partial charge in [0.05, 0.1) is 0 Å². The number of halogens is 1. The smallest absolute Gasteiger partial charge is 0.0408 e. The highest BCUT2D eigenvalue weighted by atomic mass is 35.5. The Bertz CT molecular complexity index is 581. The van der Waals surface area contributed by atoms with E-state index in [4.69, 9.17) is 17.3 Å². The number of hydrogen-bond donors (Lipinski definition) is 1. The maximum Gasteiger partial charge on any atom is 0.0408 e. The maximum absolute atomic E-state index is 6.08. The molecule has 2 N–H and O–H groups in total. The summed E-state index contributed by atoms with van der Waals surface area (Å²) in [5, 5.41) is 0.772. The van der Waals surface area contributed by atoms with E-state index < -0.39 is 0 Å². The van der Waals surface area contributed by atoms with Crippen molar-refractivity contribution in [2.45, 2.75) is 38.5 Å². The van der Waals surface area contributed by atoms with Gasteiger partial charge in [0.2, 0.25) is 0 Å². The summed E-state index contributed by atoms with van der Waals surface area (Å²) in [6, 6.07) is 16.9. The highest BCUT2D eigenvalue weighted by molar-refractivity contribution is 6.30. The molecule has 0 aliphatic rings. The molecule has 112 valence electrons. The van der Waals surface area contributed by atoms with Crippen LogP contribution in [0, 0.1) is 0 Å². The summed E-state index contributed by atoms with van der Waals surface area (Å²) < 4.78 is 0. The Morgan fingerprint density at radius 1 is 1.05 bits per heavy atom. The minimum Gasteiger partial charge on any atom is -0.330 e. The van der Waals surface area contributed by atoms with Gasteiger partial charge in [-0.3, -0.25) is 0 Å². The van der Waals surface area contributed by atoms with Crippen LogP contribution in [0.3, 0.4) is 0 Å². The molecular formula is C19H24ClN. The van der Waals surface area contributed by atoms with Gasteiger partial charge in [0.25, 0.3) is 0 Å². The molecule has 0 saturated carbocycles. The normalized spacial score (nSPS) is 13.2. The first kappa shape index (κ1) is 16.1. The van der Waals surface area contributed by atoms with Crippen LogP contribution < -0.4 is 5.73 Å². The summed E-state index contributed by atoms with van der Waals surface area (Å²) in [5.74, 6) is 0.309. The molecule has 0 radical (unpaired) electrons. The zero-order chi connectivity index (χ0) is 15.5. The monoisotopic (exact) mass is 301 g/mol. The number of hydrogen-bond acceptors (Lipinski definition) is 1. The predicted octanol–water partition coefficient (Wildman–Crippen LogP) is 4.92. The molecule has 2 rings (SSSR count). The van der Waals surface area contributed by atoms with Crippen molar-refractivity contribution in [3.05, 3.63) is 70.2 Å². The van der Waals surface area contributed by atoms with Gasteiger partial charge in [-0.1, -0.05) is 68.8 Å². The van der Waals surface area contributed by atoms with Crippen molar-refractivity contribution in [1.29, 1.82) is 0 Å². The van der Waals surface area contributed by atoms with Gasteiger partial charge in [0.15, 0.2) is 0 Å². The summed E-state index contributed by atoms with van der Waals surface area (Å²) in [5.41, 5.74) is 10.0. The molecule has 2 aromatic carbocycles. The zero-order valence-electron chi connectivity index (χ0n) is 13.1. The summed E-state index contributed by atoms with van der Waals surface area (Å²) in [6.07, 6.45) is 0.946. The van der Waals surface area contributed by atoms with Crippen LogP contribution in [0.15, 0.2) is 48.5 Å². The summed E-state index contributed by atoms with van der Waals surface area (Å²) >= 11 is 6.08. The van der Waals surface area contributed by atoms with Gasteiger partial charge in [-0.25, -0.2) is 0 Å². The molecule has 1 atom stereocenters. The highest BCUT2D eigenvalue weighted by Crippen LogP contribution is 2.25. The van der Waals surface area contributed by atoms with Crippen LogP contribution in [0.1, 0.15) is 43.4 Å². The number of rotatable bonds is 4. The van der Waals surface area contributed by atoms with Crippen LogP contribution in [-0.4, -0.2) is 6.54 Å². The Labute approximate surface area is 133 Å². The van der Waals surface area contributed by atoms with Crippen molar-refractivity contribution in [2.24, 2.45) is 5.73 Å². The second kappa shape index (κ2) is 6.64. The van der Waals surface area contributed by atoms with Gasteiger partial charge >= 0.3 is 0 Å². The predicted molar refractivity (Wildman–Crippen MR) is 92.1 cm³/mol. The maximum atomic E-state index is 6.08. The zero-order valence-corrected chi connectivity index (χ0v) is 13.8. The molecular weight excluding hydrogens is 278 g/mol. The molecule has 21 heavy (non-hydrogen) atoms. The summed E-state index contributed by atoms with van der Waals surface area (Å²) in [4.78, 5) is 0. The van der Waals surface area contributed by atoms with Crippen LogP contribution in [0.25, 0.3) is 0 Å². The molecule has 0 aliphatic carbocycles. The molecule has 0 heterocycles. The van der Waals surface area contributed by atoms with E-state index in [-0.39, 0.29) is 5.41 Å². The minimum atomic E-state index is 0.193. The first-order valence-corrected chi connectivity index (χ1v) is 7.83. The Kier molecular flexibility index (Phi) is 5.08. The number of nitrogens with two attached hydrogens (primary N) is 1. The van der Waals surface area contributed by atoms with Crippen molar-refractivity contribution in [3.63, 3.8) is 0 Å². The van der Waals surface area contributed by atoms with Gasteiger partial charge in [-0.15, -0.1) is 0 Å². The van der Waals surface area contributed by atoms with Crippen molar-refractivity contribution in [1.82, 2.24) is 0 Å². The van der Waals surface area contributed by atoms with E-state index >= 15 is 0 Å². The molecule has 0 saturated heterocycles. The van der Waals surface area contributed by atoms with E-state index in [1.807, 2.05) is 18.2 Å². The highest BCUT2D eigenvalue weighted by Gasteiger charge is 2.14. The topological polar surface area (TPSA) is 26.0 Å². The Morgan fingerprint density at radius 2 is 1.71 bits per heavy atom. The Morgan fingerprint density at radius 3 is 2.24 bits per heavy atom. The van der Waals surface area contributed by atoms with E-state index in [2.05, 4.69) is 51.1 Å². The van der Waals surface area contributed by atoms with Gasteiger partial charge in [0.1, 0.15) is 0 Å². The van der Waals surface area contributed by atoms with Crippen molar-refractivity contribution >= 4 is 11.6 Å². The second-order valence-corrected chi connectivity index (χ2v) is 7.08. The lowest BCUT2D eigenvalue weighted by Crippen LogP contribution is -2.15. The van der Waals surface area contributed by atoms with Crippen molar-refractivity contribution < 1.29 is 0 Å². The van der Waals surface area contributed by atoms with Crippen LogP contribution in [-0.2, 0) is 11.8 Å². The van der Waals surface area contributed by atoms with Gasteiger partial charge in [-0.2, -0.15) is 0 Å². The SMILES string of the molecule is CC(C)(C)c1ccc(CC(CN)c2cccc(Cl)c2)cc1. The summed E-state index contributed by atoms with van der Waals surface area (Å²) in [6.45, 7) is 7.32. The minimum absolute atomic E-state index is 0.193. The van der Waals surface area contributed by atoms with Crippen LogP contribution >= 0.6 is 11.6 Å². The lowest BCUT2D eigenvalue weighted by molar-refractivity contribution is 0.589. The molecule has 0 spiro atoms. The fourth-order valence-electron chi connectivity index (χ4n) is 2.52. The van der Waals surface area contributed by atoms with Crippen molar-refractivity contribution in [2.75, 3.05) is 6.54 Å². The van der Waals surface area contributed by atoms with E-state index in [1.54, 1.807) is 0 Å². The second-order valence-electron chi connectivity index (χ2n) is 6.64. The molecule has 2 heteroatoms. The van der Waals surface area contributed by atoms with Crippen molar-refractivity contribution in [3.8, 4) is 0 Å². The fourth-order valence-corrected chi connectivity index (χ4v) is 2.72. The molecule has 0 aliphatic heterocycles.